The van der Waals surface area contributed by atoms with E-state index in [2.05, 4.69) is 19.2 Å². The maximum atomic E-state index is 11.8. The first-order chi connectivity index (χ1) is 9.47. The highest BCUT2D eigenvalue weighted by molar-refractivity contribution is 5.77. The number of benzene rings is 1. The molecule has 0 saturated carbocycles. The van der Waals surface area contributed by atoms with E-state index in [1.807, 2.05) is 32.0 Å². The first-order valence-corrected chi connectivity index (χ1v) is 7.26. The van der Waals surface area contributed by atoms with Crippen molar-refractivity contribution in [1.82, 2.24) is 5.32 Å². The van der Waals surface area contributed by atoms with Crippen LogP contribution in [-0.2, 0) is 4.79 Å². The number of hydrogen-bond acceptors (Lipinski definition) is 3. The predicted molar refractivity (Wildman–Crippen MR) is 81.8 cm³/mol. The minimum Gasteiger partial charge on any atom is -0.483 e. The molecule has 0 radical (unpaired) electrons. The molecule has 4 heteroatoms. The minimum atomic E-state index is -0.118. The highest BCUT2D eigenvalue weighted by atomic mass is 16.5. The van der Waals surface area contributed by atoms with Gasteiger partial charge < -0.3 is 15.8 Å². The Bertz CT molecular complexity index is 440. The van der Waals surface area contributed by atoms with Gasteiger partial charge in [0.2, 0.25) is 0 Å². The second-order valence-electron chi connectivity index (χ2n) is 5.20. The molecule has 0 aliphatic heterocycles. The lowest BCUT2D eigenvalue weighted by molar-refractivity contribution is -0.123. The maximum Gasteiger partial charge on any atom is 0.258 e. The van der Waals surface area contributed by atoms with E-state index in [-0.39, 0.29) is 24.6 Å². The lowest BCUT2D eigenvalue weighted by atomic mass is 10.1. The molecule has 0 fully saturated rings. The van der Waals surface area contributed by atoms with Crippen LogP contribution >= 0.6 is 0 Å². The fraction of sp³-hybridized carbons (Fsp3) is 0.562. The molecule has 0 bridgehead atoms. The summed E-state index contributed by atoms with van der Waals surface area (Å²) in [5.74, 6) is 0.607. The Morgan fingerprint density at radius 1 is 1.35 bits per heavy atom. The van der Waals surface area contributed by atoms with Crippen molar-refractivity contribution in [1.29, 1.82) is 0 Å². The van der Waals surface area contributed by atoms with Crippen molar-refractivity contribution in [3.05, 3.63) is 29.3 Å². The summed E-state index contributed by atoms with van der Waals surface area (Å²) in [4.78, 5) is 11.8. The number of amides is 1. The highest BCUT2D eigenvalue weighted by Gasteiger charge is 2.12. The smallest absolute Gasteiger partial charge is 0.258 e. The van der Waals surface area contributed by atoms with Crippen LogP contribution < -0.4 is 15.8 Å². The molecule has 0 aliphatic rings. The van der Waals surface area contributed by atoms with Crippen LogP contribution in [0.2, 0.25) is 0 Å². The van der Waals surface area contributed by atoms with Gasteiger partial charge >= 0.3 is 0 Å². The van der Waals surface area contributed by atoms with Crippen molar-refractivity contribution in [2.45, 2.75) is 52.6 Å². The summed E-state index contributed by atoms with van der Waals surface area (Å²) in [5.41, 5.74) is 7.92. The molecule has 3 N–H and O–H groups in total. The van der Waals surface area contributed by atoms with Crippen LogP contribution in [0.1, 0.15) is 50.8 Å². The average molecular weight is 278 g/mol. The lowest BCUT2D eigenvalue weighted by Crippen LogP contribution is -2.37. The van der Waals surface area contributed by atoms with Gasteiger partial charge in [-0.05, 0) is 38.3 Å². The summed E-state index contributed by atoms with van der Waals surface area (Å²) in [5, 5.41) is 2.95. The number of nitrogens with two attached hydrogens (primary N) is 1. The van der Waals surface area contributed by atoms with Gasteiger partial charge in [-0.25, -0.2) is 0 Å². The van der Waals surface area contributed by atoms with Crippen LogP contribution in [0.25, 0.3) is 0 Å². The van der Waals surface area contributed by atoms with Crippen LogP contribution in [0.15, 0.2) is 18.2 Å². The Morgan fingerprint density at radius 3 is 2.55 bits per heavy atom. The Kier molecular flexibility index (Phi) is 6.52. The molecule has 0 aliphatic carbocycles. The van der Waals surface area contributed by atoms with E-state index >= 15 is 0 Å². The average Bonchev–Trinajstić information content (AvgIpc) is 2.42. The van der Waals surface area contributed by atoms with Crippen molar-refractivity contribution in [3.8, 4) is 5.75 Å². The SMILES string of the molecule is CCC(CC)NC(=O)COc1cc(C)ccc1C(C)N. The number of carbonyl (C=O) groups is 1. The van der Waals surface area contributed by atoms with E-state index in [4.69, 9.17) is 10.5 Å². The molecular weight excluding hydrogens is 252 g/mol. The van der Waals surface area contributed by atoms with Crippen LogP contribution in [-0.4, -0.2) is 18.6 Å². The number of ether oxygens (including phenoxy) is 1. The molecule has 1 aromatic carbocycles. The van der Waals surface area contributed by atoms with Gasteiger partial charge in [0.1, 0.15) is 5.75 Å². The van der Waals surface area contributed by atoms with E-state index in [9.17, 15) is 4.79 Å². The molecule has 20 heavy (non-hydrogen) atoms. The zero-order valence-corrected chi connectivity index (χ0v) is 12.9. The zero-order valence-electron chi connectivity index (χ0n) is 12.9. The number of nitrogens with one attached hydrogen (secondary N) is 1. The van der Waals surface area contributed by atoms with E-state index in [1.54, 1.807) is 0 Å². The largest absolute Gasteiger partial charge is 0.483 e. The third-order valence-electron chi connectivity index (χ3n) is 3.37. The normalized spacial score (nSPS) is 12.3. The topological polar surface area (TPSA) is 64.3 Å². The van der Waals surface area contributed by atoms with Crippen molar-refractivity contribution in [2.24, 2.45) is 5.73 Å². The molecule has 0 heterocycles. The van der Waals surface area contributed by atoms with E-state index in [1.165, 1.54) is 0 Å². The fourth-order valence-electron chi connectivity index (χ4n) is 2.05. The number of rotatable bonds is 7. The quantitative estimate of drug-likeness (QED) is 0.806. The predicted octanol–water partition coefficient (Wildman–Crippen LogP) is 2.70. The van der Waals surface area contributed by atoms with Crippen LogP contribution in [0.5, 0.6) is 5.75 Å². The van der Waals surface area contributed by atoms with Gasteiger partial charge in [-0.1, -0.05) is 26.0 Å². The minimum absolute atomic E-state index is 0.0275. The van der Waals surface area contributed by atoms with E-state index < -0.39 is 0 Å². The molecule has 1 aromatic rings. The molecule has 0 aromatic heterocycles. The van der Waals surface area contributed by atoms with Crippen LogP contribution in [0, 0.1) is 6.92 Å². The Hall–Kier alpha value is -1.55. The molecule has 0 spiro atoms. The molecular formula is C16H26N2O2. The van der Waals surface area contributed by atoms with Gasteiger partial charge in [0, 0.05) is 17.6 Å². The summed E-state index contributed by atoms with van der Waals surface area (Å²) in [6, 6.07) is 5.97. The van der Waals surface area contributed by atoms with Gasteiger partial charge in [-0.3, -0.25) is 4.79 Å². The summed E-state index contributed by atoms with van der Waals surface area (Å²) < 4.78 is 5.64. The first-order valence-electron chi connectivity index (χ1n) is 7.26. The highest BCUT2D eigenvalue weighted by Crippen LogP contribution is 2.25. The Morgan fingerprint density at radius 2 is 2.00 bits per heavy atom. The third-order valence-corrected chi connectivity index (χ3v) is 3.37. The van der Waals surface area contributed by atoms with Crippen molar-refractivity contribution in [2.75, 3.05) is 6.61 Å². The Balaban J connectivity index is 2.65. The molecule has 4 nitrogen and oxygen atoms in total. The third kappa shape index (κ3) is 4.85. The number of carbonyl (C=O) groups excluding carboxylic acids is 1. The maximum absolute atomic E-state index is 11.8. The summed E-state index contributed by atoms with van der Waals surface area (Å²) >= 11 is 0. The van der Waals surface area contributed by atoms with Gasteiger partial charge in [0.15, 0.2) is 6.61 Å². The van der Waals surface area contributed by atoms with Crippen molar-refractivity contribution in [3.63, 3.8) is 0 Å². The molecule has 1 amide bonds. The summed E-state index contributed by atoms with van der Waals surface area (Å²) in [6.07, 6.45) is 1.86. The second kappa shape index (κ2) is 7.90. The van der Waals surface area contributed by atoms with Gasteiger partial charge in [-0.2, -0.15) is 0 Å². The molecule has 1 unspecified atom stereocenters. The number of hydrogen-bond donors (Lipinski definition) is 2. The van der Waals surface area contributed by atoms with Crippen molar-refractivity contribution >= 4 is 5.91 Å². The molecule has 1 atom stereocenters. The number of aryl methyl sites for hydroxylation is 1. The summed E-state index contributed by atoms with van der Waals surface area (Å²) in [6.45, 7) is 8.04. The monoisotopic (exact) mass is 278 g/mol. The van der Waals surface area contributed by atoms with Gasteiger partial charge in [0.25, 0.3) is 5.91 Å². The van der Waals surface area contributed by atoms with E-state index in [0.717, 1.165) is 24.0 Å². The van der Waals surface area contributed by atoms with E-state index in [0.29, 0.717) is 5.75 Å². The second-order valence-corrected chi connectivity index (χ2v) is 5.20. The lowest BCUT2D eigenvalue weighted by Gasteiger charge is -2.17. The molecule has 0 saturated heterocycles. The summed E-state index contributed by atoms with van der Waals surface area (Å²) in [7, 11) is 0. The zero-order chi connectivity index (χ0) is 15.1. The standard InChI is InChI=1S/C16H26N2O2/c1-5-13(6-2)18-16(19)10-20-15-9-11(3)7-8-14(15)12(4)17/h7-9,12-13H,5-6,10,17H2,1-4H3,(H,18,19). The van der Waals surface area contributed by atoms with Crippen LogP contribution in [0.3, 0.4) is 0 Å². The Labute approximate surface area is 121 Å². The molecule has 112 valence electrons. The van der Waals surface area contributed by atoms with Crippen LogP contribution in [0.4, 0.5) is 0 Å². The fourth-order valence-corrected chi connectivity index (χ4v) is 2.05. The van der Waals surface area contributed by atoms with Gasteiger partial charge in [0.05, 0.1) is 0 Å². The van der Waals surface area contributed by atoms with Gasteiger partial charge in [-0.15, -0.1) is 0 Å². The molecule has 1 rings (SSSR count). The first kappa shape index (κ1) is 16.5. The van der Waals surface area contributed by atoms with Crippen molar-refractivity contribution < 1.29 is 9.53 Å².